The number of nitrogens with zero attached hydrogens (tertiary/aromatic N) is 2. The first kappa shape index (κ1) is 14.8. The SMILES string of the molecule is CCC1CCC(NC(=O)c2cnccn2)(C(N)=S)CC1. The van der Waals surface area contributed by atoms with Gasteiger partial charge in [-0.25, -0.2) is 4.98 Å². The molecule has 0 spiro atoms. The Morgan fingerprint density at radius 3 is 2.70 bits per heavy atom. The van der Waals surface area contributed by atoms with Gasteiger partial charge in [-0.05, 0) is 31.6 Å². The zero-order valence-corrected chi connectivity index (χ0v) is 12.4. The first-order valence-electron chi connectivity index (χ1n) is 6.96. The summed E-state index contributed by atoms with van der Waals surface area (Å²) in [6.45, 7) is 2.19. The van der Waals surface area contributed by atoms with Crippen molar-refractivity contribution in [3.8, 4) is 0 Å². The molecule has 1 amide bonds. The maximum absolute atomic E-state index is 12.2. The number of carbonyl (C=O) groups excluding carboxylic acids is 1. The van der Waals surface area contributed by atoms with E-state index in [1.54, 1.807) is 0 Å². The average molecular weight is 292 g/mol. The van der Waals surface area contributed by atoms with Gasteiger partial charge in [0.15, 0.2) is 0 Å². The molecule has 0 radical (unpaired) electrons. The van der Waals surface area contributed by atoms with Gasteiger partial charge >= 0.3 is 0 Å². The fourth-order valence-electron chi connectivity index (χ4n) is 2.71. The summed E-state index contributed by atoms with van der Waals surface area (Å²) in [6, 6.07) is 0. The number of hydrogen-bond donors (Lipinski definition) is 2. The Labute approximate surface area is 124 Å². The summed E-state index contributed by atoms with van der Waals surface area (Å²) in [6.07, 6.45) is 9.30. The average Bonchev–Trinajstić information content (AvgIpc) is 2.48. The summed E-state index contributed by atoms with van der Waals surface area (Å²) in [5.41, 5.74) is 5.61. The van der Waals surface area contributed by atoms with E-state index < -0.39 is 5.54 Å². The molecule has 5 nitrogen and oxygen atoms in total. The zero-order valence-electron chi connectivity index (χ0n) is 11.6. The number of amides is 1. The summed E-state index contributed by atoms with van der Waals surface area (Å²) < 4.78 is 0. The number of thiocarbonyl (C=S) groups is 1. The Bertz CT molecular complexity index is 483. The molecule has 0 atom stereocenters. The maximum Gasteiger partial charge on any atom is 0.272 e. The smallest absolute Gasteiger partial charge is 0.272 e. The third-order valence-electron chi connectivity index (χ3n) is 4.16. The first-order chi connectivity index (χ1) is 9.57. The Morgan fingerprint density at radius 1 is 1.50 bits per heavy atom. The van der Waals surface area contributed by atoms with Gasteiger partial charge in [0.05, 0.1) is 16.7 Å². The molecular weight excluding hydrogens is 272 g/mol. The van der Waals surface area contributed by atoms with Crippen LogP contribution in [0.25, 0.3) is 0 Å². The Balaban J connectivity index is 2.11. The van der Waals surface area contributed by atoms with Crippen molar-refractivity contribution < 1.29 is 4.79 Å². The van der Waals surface area contributed by atoms with Crippen LogP contribution >= 0.6 is 12.2 Å². The molecule has 6 heteroatoms. The monoisotopic (exact) mass is 292 g/mol. The van der Waals surface area contributed by atoms with E-state index in [2.05, 4.69) is 22.2 Å². The van der Waals surface area contributed by atoms with Gasteiger partial charge in [0.2, 0.25) is 0 Å². The van der Waals surface area contributed by atoms with Crippen molar-refractivity contribution in [2.75, 3.05) is 0 Å². The van der Waals surface area contributed by atoms with Crippen LogP contribution in [-0.4, -0.2) is 26.4 Å². The Morgan fingerprint density at radius 2 is 2.20 bits per heavy atom. The molecule has 1 aromatic heterocycles. The predicted molar refractivity (Wildman–Crippen MR) is 81.3 cm³/mol. The Kier molecular flexibility index (Phi) is 4.65. The van der Waals surface area contributed by atoms with Gasteiger partial charge in [-0.3, -0.25) is 9.78 Å². The third kappa shape index (κ3) is 3.12. The van der Waals surface area contributed by atoms with E-state index in [-0.39, 0.29) is 5.91 Å². The van der Waals surface area contributed by atoms with Gasteiger partial charge in [0.1, 0.15) is 5.69 Å². The van der Waals surface area contributed by atoms with Crippen molar-refractivity contribution in [3.05, 3.63) is 24.3 Å². The van der Waals surface area contributed by atoms with E-state index in [0.29, 0.717) is 16.6 Å². The van der Waals surface area contributed by atoms with Crippen LogP contribution in [-0.2, 0) is 0 Å². The van der Waals surface area contributed by atoms with E-state index in [1.807, 2.05) is 0 Å². The molecule has 0 saturated heterocycles. The standard InChI is InChI=1S/C14H20N4OS/c1-2-10-3-5-14(6-4-10,13(15)20)18-12(19)11-9-16-7-8-17-11/h7-10H,2-6H2,1H3,(H2,15,20)(H,18,19). The molecule has 1 aliphatic rings. The third-order valence-corrected chi connectivity index (χ3v) is 4.55. The van der Waals surface area contributed by atoms with Crippen LogP contribution in [0.2, 0.25) is 0 Å². The number of nitrogens with one attached hydrogen (secondary N) is 1. The molecule has 0 bridgehead atoms. The van der Waals surface area contributed by atoms with Crippen molar-refractivity contribution in [2.24, 2.45) is 11.7 Å². The summed E-state index contributed by atoms with van der Waals surface area (Å²) in [5, 5.41) is 2.99. The molecule has 3 N–H and O–H groups in total. The van der Waals surface area contributed by atoms with Crippen LogP contribution in [0.4, 0.5) is 0 Å². The lowest BCUT2D eigenvalue weighted by atomic mass is 9.75. The highest BCUT2D eigenvalue weighted by Gasteiger charge is 2.39. The van der Waals surface area contributed by atoms with Crippen LogP contribution in [0.1, 0.15) is 49.5 Å². The largest absolute Gasteiger partial charge is 0.391 e. The number of carbonyl (C=O) groups is 1. The molecule has 2 rings (SSSR count). The van der Waals surface area contributed by atoms with Gasteiger partial charge in [0, 0.05) is 12.4 Å². The van der Waals surface area contributed by atoms with E-state index in [4.69, 9.17) is 18.0 Å². The second-order valence-corrected chi connectivity index (χ2v) is 5.78. The van der Waals surface area contributed by atoms with Crippen molar-refractivity contribution in [3.63, 3.8) is 0 Å². The van der Waals surface area contributed by atoms with Gasteiger partial charge in [0.25, 0.3) is 5.91 Å². The van der Waals surface area contributed by atoms with E-state index in [0.717, 1.165) is 32.1 Å². The van der Waals surface area contributed by atoms with Gasteiger partial charge in [-0.1, -0.05) is 25.6 Å². The zero-order chi connectivity index (χ0) is 14.6. The summed E-state index contributed by atoms with van der Waals surface area (Å²) >= 11 is 5.20. The lowest BCUT2D eigenvalue weighted by molar-refractivity contribution is 0.0893. The molecule has 1 fully saturated rings. The minimum Gasteiger partial charge on any atom is -0.391 e. The Hall–Kier alpha value is -1.56. The maximum atomic E-state index is 12.2. The second-order valence-electron chi connectivity index (χ2n) is 5.34. The number of nitrogens with two attached hydrogens (primary N) is 1. The van der Waals surface area contributed by atoms with Crippen molar-refractivity contribution >= 4 is 23.1 Å². The van der Waals surface area contributed by atoms with E-state index in [1.165, 1.54) is 18.6 Å². The summed E-state index contributed by atoms with van der Waals surface area (Å²) in [7, 11) is 0. The van der Waals surface area contributed by atoms with Crippen LogP contribution in [0.5, 0.6) is 0 Å². The van der Waals surface area contributed by atoms with Gasteiger partial charge in [-0.15, -0.1) is 0 Å². The molecule has 20 heavy (non-hydrogen) atoms. The molecule has 0 aliphatic heterocycles. The molecule has 1 aromatic rings. The molecule has 0 unspecified atom stereocenters. The van der Waals surface area contributed by atoms with Crippen molar-refractivity contribution in [1.82, 2.24) is 15.3 Å². The minimum atomic E-state index is -0.574. The van der Waals surface area contributed by atoms with Crippen LogP contribution < -0.4 is 11.1 Å². The number of aromatic nitrogens is 2. The summed E-state index contributed by atoms with van der Waals surface area (Å²) in [5.74, 6) is 0.437. The van der Waals surface area contributed by atoms with E-state index in [9.17, 15) is 4.79 Å². The lowest BCUT2D eigenvalue weighted by Crippen LogP contribution is -2.58. The normalized spacial score (nSPS) is 25.9. The quantitative estimate of drug-likeness (QED) is 0.828. The lowest BCUT2D eigenvalue weighted by Gasteiger charge is -2.39. The molecule has 1 heterocycles. The van der Waals surface area contributed by atoms with Crippen LogP contribution in [0, 0.1) is 5.92 Å². The highest BCUT2D eigenvalue weighted by molar-refractivity contribution is 7.80. The second kappa shape index (κ2) is 6.26. The topological polar surface area (TPSA) is 80.9 Å². The van der Waals surface area contributed by atoms with Crippen LogP contribution in [0.15, 0.2) is 18.6 Å². The van der Waals surface area contributed by atoms with Gasteiger partial charge in [-0.2, -0.15) is 0 Å². The van der Waals surface area contributed by atoms with Gasteiger partial charge < -0.3 is 11.1 Å². The molecular formula is C14H20N4OS. The molecule has 108 valence electrons. The molecule has 1 aliphatic carbocycles. The summed E-state index contributed by atoms with van der Waals surface area (Å²) in [4.78, 5) is 20.5. The molecule has 0 aromatic carbocycles. The minimum absolute atomic E-state index is 0.263. The highest BCUT2D eigenvalue weighted by Crippen LogP contribution is 2.34. The molecule has 1 saturated carbocycles. The first-order valence-corrected chi connectivity index (χ1v) is 7.36. The number of rotatable bonds is 4. The predicted octanol–water partition coefficient (Wildman–Crippen LogP) is 1.83. The van der Waals surface area contributed by atoms with Crippen molar-refractivity contribution in [2.45, 2.75) is 44.6 Å². The number of hydrogen-bond acceptors (Lipinski definition) is 4. The van der Waals surface area contributed by atoms with E-state index >= 15 is 0 Å². The fraction of sp³-hybridized carbons (Fsp3) is 0.571. The fourth-order valence-corrected chi connectivity index (χ4v) is 2.96. The highest BCUT2D eigenvalue weighted by atomic mass is 32.1. The van der Waals surface area contributed by atoms with Crippen LogP contribution in [0.3, 0.4) is 0 Å². The van der Waals surface area contributed by atoms with Crippen molar-refractivity contribution in [1.29, 1.82) is 0 Å².